The predicted molar refractivity (Wildman–Crippen MR) is 118 cm³/mol. The van der Waals surface area contributed by atoms with Gasteiger partial charge in [0.25, 0.3) is 5.91 Å². The molecule has 2 aromatic rings. The minimum Gasteiger partial charge on any atom is -0.492 e. The highest BCUT2D eigenvalue weighted by Gasteiger charge is 2.28. The normalized spacial score (nSPS) is 17.5. The van der Waals surface area contributed by atoms with Gasteiger partial charge in [-0.2, -0.15) is 0 Å². The Balaban J connectivity index is 1.23. The third-order valence-corrected chi connectivity index (χ3v) is 5.91. The monoisotopic (exact) mass is 426 g/mol. The van der Waals surface area contributed by atoms with E-state index in [4.69, 9.17) is 9.15 Å². The van der Waals surface area contributed by atoms with Crippen molar-refractivity contribution >= 4 is 17.6 Å². The predicted octanol–water partition coefficient (Wildman–Crippen LogP) is 2.81. The zero-order valence-electron chi connectivity index (χ0n) is 18.0. The molecule has 1 N–H and O–H groups in total. The summed E-state index contributed by atoms with van der Waals surface area (Å²) in [6.07, 6.45) is 3.01. The Morgan fingerprint density at radius 3 is 2.42 bits per heavy atom. The fourth-order valence-electron chi connectivity index (χ4n) is 4.20. The topological polar surface area (TPSA) is 78.3 Å². The number of para-hydroxylation sites is 2. The molecule has 1 aromatic heterocycles. The van der Waals surface area contributed by atoms with Crippen LogP contribution in [0.25, 0.3) is 0 Å². The summed E-state index contributed by atoms with van der Waals surface area (Å²) in [6.45, 7) is 6.73. The first-order chi connectivity index (χ1) is 15.2. The Morgan fingerprint density at radius 1 is 1.00 bits per heavy atom. The van der Waals surface area contributed by atoms with Crippen molar-refractivity contribution < 1.29 is 18.7 Å². The van der Waals surface area contributed by atoms with Crippen molar-refractivity contribution in [2.24, 2.45) is 0 Å². The molecule has 4 rings (SSSR count). The molecule has 0 aliphatic carbocycles. The molecule has 2 aliphatic heterocycles. The molecule has 0 radical (unpaired) electrons. The van der Waals surface area contributed by atoms with Gasteiger partial charge in [-0.25, -0.2) is 4.79 Å². The highest BCUT2D eigenvalue weighted by atomic mass is 16.5. The molecular formula is C23H30N4O4. The molecule has 2 aliphatic rings. The van der Waals surface area contributed by atoms with Gasteiger partial charge in [0.1, 0.15) is 5.75 Å². The minimum absolute atomic E-state index is 0.0199. The molecule has 0 saturated carbocycles. The van der Waals surface area contributed by atoms with Crippen molar-refractivity contribution in [3.63, 3.8) is 0 Å². The van der Waals surface area contributed by atoms with E-state index in [1.54, 1.807) is 17.0 Å². The van der Waals surface area contributed by atoms with E-state index in [0.717, 1.165) is 37.4 Å². The lowest BCUT2D eigenvalue weighted by Gasteiger charge is -2.38. The number of piperidine rings is 1. The lowest BCUT2D eigenvalue weighted by Crippen LogP contribution is -2.55. The number of urea groups is 1. The van der Waals surface area contributed by atoms with E-state index in [0.29, 0.717) is 38.5 Å². The Labute approximate surface area is 182 Å². The van der Waals surface area contributed by atoms with Gasteiger partial charge in [-0.1, -0.05) is 12.1 Å². The molecule has 3 heterocycles. The third-order valence-electron chi connectivity index (χ3n) is 5.91. The van der Waals surface area contributed by atoms with Crippen molar-refractivity contribution in [1.82, 2.24) is 15.1 Å². The maximum atomic E-state index is 12.8. The number of amides is 3. The lowest BCUT2D eigenvalue weighted by molar-refractivity contribution is 0.0674. The molecule has 2 saturated heterocycles. The van der Waals surface area contributed by atoms with E-state index >= 15 is 0 Å². The molecule has 1 aromatic carbocycles. The first kappa shape index (κ1) is 21.1. The van der Waals surface area contributed by atoms with Gasteiger partial charge >= 0.3 is 6.03 Å². The Morgan fingerprint density at radius 2 is 1.74 bits per heavy atom. The van der Waals surface area contributed by atoms with Crippen LogP contribution in [0.5, 0.6) is 5.75 Å². The highest BCUT2D eigenvalue weighted by molar-refractivity contribution is 5.91. The number of rotatable bonds is 5. The van der Waals surface area contributed by atoms with Crippen molar-refractivity contribution in [1.29, 1.82) is 0 Å². The van der Waals surface area contributed by atoms with Crippen LogP contribution in [0.2, 0.25) is 0 Å². The summed E-state index contributed by atoms with van der Waals surface area (Å²) in [5, 5.41) is 3.15. The quantitative estimate of drug-likeness (QED) is 0.796. The fourth-order valence-corrected chi connectivity index (χ4v) is 4.20. The van der Waals surface area contributed by atoms with Gasteiger partial charge in [0.05, 0.1) is 18.6 Å². The first-order valence-corrected chi connectivity index (χ1v) is 11.0. The number of furan rings is 1. The summed E-state index contributed by atoms with van der Waals surface area (Å²) in [5.74, 6) is 1.17. The Bertz CT molecular complexity index is 869. The largest absolute Gasteiger partial charge is 0.492 e. The summed E-state index contributed by atoms with van der Waals surface area (Å²) in [7, 11) is 0. The van der Waals surface area contributed by atoms with Gasteiger partial charge in [-0.05, 0) is 44.0 Å². The van der Waals surface area contributed by atoms with Crippen LogP contribution >= 0.6 is 0 Å². The molecule has 3 amide bonds. The van der Waals surface area contributed by atoms with Crippen LogP contribution in [0.15, 0.2) is 47.1 Å². The number of carbonyl (C=O) groups is 2. The zero-order chi connectivity index (χ0) is 21.6. The number of anilines is 1. The second-order valence-corrected chi connectivity index (χ2v) is 7.87. The molecular weight excluding hydrogens is 396 g/mol. The van der Waals surface area contributed by atoms with Crippen molar-refractivity contribution in [3.8, 4) is 5.75 Å². The second kappa shape index (κ2) is 9.76. The van der Waals surface area contributed by atoms with Gasteiger partial charge in [-0.3, -0.25) is 4.79 Å². The minimum atomic E-state index is -0.0850. The Hall–Kier alpha value is -3.16. The van der Waals surface area contributed by atoms with Crippen molar-refractivity contribution in [2.75, 3.05) is 50.8 Å². The molecule has 0 bridgehead atoms. The van der Waals surface area contributed by atoms with E-state index in [1.807, 2.05) is 30.0 Å². The number of ether oxygens (including phenoxy) is 1. The molecule has 0 unspecified atom stereocenters. The highest BCUT2D eigenvalue weighted by Crippen LogP contribution is 2.28. The van der Waals surface area contributed by atoms with E-state index in [2.05, 4.69) is 16.3 Å². The number of carbonyl (C=O) groups excluding carboxylic acids is 2. The molecule has 0 spiro atoms. The van der Waals surface area contributed by atoms with Gasteiger partial charge in [0.15, 0.2) is 5.76 Å². The van der Waals surface area contributed by atoms with E-state index in [9.17, 15) is 9.59 Å². The number of piperazine rings is 1. The van der Waals surface area contributed by atoms with Crippen LogP contribution in [0.3, 0.4) is 0 Å². The second-order valence-electron chi connectivity index (χ2n) is 7.87. The molecule has 166 valence electrons. The summed E-state index contributed by atoms with van der Waals surface area (Å²) in [5.41, 5.74) is 1.08. The maximum Gasteiger partial charge on any atom is 0.317 e. The number of nitrogens with zero attached hydrogens (tertiary/aromatic N) is 3. The number of benzene rings is 1. The zero-order valence-corrected chi connectivity index (χ0v) is 18.0. The van der Waals surface area contributed by atoms with Gasteiger partial charge in [-0.15, -0.1) is 0 Å². The van der Waals surface area contributed by atoms with Crippen LogP contribution < -0.4 is 15.0 Å². The smallest absolute Gasteiger partial charge is 0.317 e. The number of hydrogen-bond acceptors (Lipinski definition) is 5. The molecule has 0 atom stereocenters. The van der Waals surface area contributed by atoms with Gasteiger partial charge < -0.3 is 29.2 Å². The van der Waals surface area contributed by atoms with E-state index in [-0.39, 0.29) is 18.0 Å². The SMILES string of the molecule is CCOc1ccccc1N1CCN(C(=O)NC2CCN(C(=O)c3ccco3)CC2)CC1. The number of likely N-dealkylation sites (tertiary alicyclic amines) is 1. The summed E-state index contributed by atoms with van der Waals surface area (Å²) in [4.78, 5) is 31.1. The van der Waals surface area contributed by atoms with Crippen LogP contribution in [0, 0.1) is 0 Å². The summed E-state index contributed by atoms with van der Waals surface area (Å²) < 4.78 is 10.9. The standard InChI is InChI=1S/C23H30N4O4/c1-2-30-20-7-4-3-6-19(20)25-13-15-27(16-14-25)23(29)24-18-9-11-26(12-10-18)22(28)21-8-5-17-31-21/h3-8,17-18H,2,9-16H2,1H3,(H,24,29). The average Bonchev–Trinajstić information content (AvgIpc) is 3.35. The summed E-state index contributed by atoms with van der Waals surface area (Å²) in [6, 6.07) is 11.5. The maximum absolute atomic E-state index is 12.8. The fraction of sp³-hybridized carbons (Fsp3) is 0.478. The lowest BCUT2D eigenvalue weighted by atomic mass is 10.0. The Kier molecular flexibility index (Phi) is 6.64. The van der Waals surface area contributed by atoms with Crippen LogP contribution in [-0.2, 0) is 0 Å². The first-order valence-electron chi connectivity index (χ1n) is 11.0. The molecule has 8 heteroatoms. The molecule has 2 fully saturated rings. The van der Waals surface area contributed by atoms with E-state index < -0.39 is 0 Å². The number of nitrogens with one attached hydrogen (secondary N) is 1. The van der Waals surface area contributed by atoms with E-state index in [1.165, 1.54) is 6.26 Å². The van der Waals surface area contributed by atoms with Crippen LogP contribution in [0.4, 0.5) is 10.5 Å². The van der Waals surface area contributed by atoms with Crippen LogP contribution in [0.1, 0.15) is 30.3 Å². The van der Waals surface area contributed by atoms with Crippen molar-refractivity contribution in [3.05, 3.63) is 48.4 Å². The van der Waals surface area contributed by atoms with Crippen LogP contribution in [-0.4, -0.2) is 73.7 Å². The number of hydrogen-bond donors (Lipinski definition) is 1. The average molecular weight is 427 g/mol. The molecule has 8 nitrogen and oxygen atoms in total. The van der Waals surface area contributed by atoms with Gasteiger partial charge in [0, 0.05) is 45.3 Å². The third kappa shape index (κ3) is 4.95. The molecule has 31 heavy (non-hydrogen) atoms. The van der Waals surface area contributed by atoms with Crippen molar-refractivity contribution in [2.45, 2.75) is 25.8 Å². The summed E-state index contributed by atoms with van der Waals surface area (Å²) >= 11 is 0. The van der Waals surface area contributed by atoms with Gasteiger partial charge in [0.2, 0.25) is 0 Å².